The minimum Gasteiger partial charge on any atom is -0.322 e. The molecule has 86 valence electrons. The van der Waals surface area contributed by atoms with Crippen LogP contribution in [0.3, 0.4) is 0 Å². The van der Waals surface area contributed by atoms with Crippen LogP contribution < -0.4 is 0 Å². The third-order valence-corrected chi connectivity index (χ3v) is 7.54. The van der Waals surface area contributed by atoms with Crippen molar-refractivity contribution in [2.45, 2.75) is 20.3 Å². The van der Waals surface area contributed by atoms with Crippen LogP contribution in [0, 0.1) is 0 Å². The summed E-state index contributed by atoms with van der Waals surface area (Å²) in [6.07, 6.45) is 3.18. The van der Waals surface area contributed by atoms with Crippen LogP contribution in [0.15, 0.2) is 0 Å². The van der Waals surface area contributed by atoms with Crippen LogP contribution in [0.4, 0.5) is 0 Å². The quantitative estimate of drug-likeness (QED) is 0.469. The molecule has 0 rings (SSSR count). The highest BCUT2D eigenvalue weighted by Gasteiger charge is 2.18. The Labute approximate surface area is 101 Å². The first kappa shape index (κ1) is 15.3. The van der Waals surface area contributed by atoms with Gasteiger partial charge in [-0.05, 0) is 31.4 Å². The van der Waals surface area contributed by atoms with E-state index in [2.05, 4.69) is 13.2 Å². The van der Waals surface area contributed by atoms with Crippen LogP contribution in [0.2, 0.25) is 0 Å². The van der Waals surface area contributed by atoms with Gasteiger partial charge in [0.2, 0.25) is 5.69 Å². The summed E-state index contributed by atoms with van der Waals surface area (Å²) in [4.78, 5) is 0. The molecule has 0 aliphatic heterocycles. The van der Waals surface area contributed by atoms with Crippen molar-refractivity contribution in [2.75, 3.05) is 31.0 Å². The topological polar surface area (TPSA) is 18.5 Å². The zero-order valence-corrected chi connectivity index (χ0v) is 12.4. The second-order valence-corrected chi connectivity index (χ2v) is 9.94. The molecule has 0 aliphatic rings. The predicted octanol–water partition coefficient (Wildman–Crippen LogP) is 3.77. The first-order valence-corrected chi connectivity index (χ1v) is 10.3. The maximum Gasteiger partial charge on any atom is 0.247 e. The van der Waals surface area contributed by atoms with Crippen molar-refractivity contribution >= 4 is 40.6 Å². The molecule has 1 unspecified atom stereocenters. The zero-order chi connectivity index (χ0) is 10.9. The van der Waals surface area contributed by atoms with E-state index >= 15 is 0 Å². The van der Waals surface area contributed by atoms with Gasteiger partial charge in [-0.15, -0.1) is 0 Å². The van der Waals surface area contributed by atoms with Gasteiger partial charge in [0.15, 0.2) is 0 Å². The predicted molar refractivity (Wildman–Crippen MR) is 73.0 cm³/mol. The minimum absolute atomic E-state index is 0.646. The molecule has 0 saturated carbocycles. The van der Waals surface area contributed by atoms with Gasteiger partial charge < -0.3 is 9.05 Å². The van der Waals surface area contributed by atoms with Crippen molar-refractivity contribution in [3.63, 3.8) is 0 Å². The molecule has 0 bridgehead atoms. The molecular weight excluding hydrogens is 255 g/mol. The van der Waals surface area contributed by atoms with Crippen molar-refractivity contribution < 1.29 is 9.05 Å². The second kappa shape index (κ2) is 9.49. The largest absolute Gasteiger partial charge is 0.322 e. The minimum atomic E-state index is -2.03. The van der Waals surface area contributed by atoms with Gasteiger partial charge in [-0.3, -0.25) is 0 Å². The molecule has 0 aromatic heterocycles. The molecule has 0 amide bonds. The maximum atomic E-state index is 5.66. The number of thioether (sulfide) groups is 1. The highest BCUT2D eigenvalue weighted by Crippen LogP contribution is 2.60. The van der Waals surface area contributed by atoms with Crippen molar-refractivity contribution in [1.29, 1.82) is 0 Å². The van der Waals surface area contributed by atoms with E-state index in [-0.39, 0.29) is 0 Å². The van der Waals surface area contributed by atoms with E-state index in [4.69, 9.17) is 20.9 Å². The summed E-state index contributed by atoms with van der Waals surface area (Å²) in [5, 5.41) is 0. The van der Waals surface area contributed by atoms with Gasteiger partial charge in [0.05, 0.1) is 13.2 Å². The van der Waals surface area contributed by atoms with Crippen LogP contribution in [-0.4, -0.2) is 31.0 Å². The Balaban J connectivity index is 3.89. The fourth-order valence-electron chi connectivity index (χ4n) is 0.705. The highest BCUT2D eigenvalue weighted by atomic mass is 32.9. The number of hydrogen-bond acceptors (Lipinski definition) is 5. The molecule has 0 N–H and O–H groups in total. The lowest BCUT2D eigenvalue weighted by Gasteiger charge is -2.20. The lowest BCUT2D eigenvalue weighted by atomic mass is 10.6. The molecule has 0 saturated heterocycles. The van der Waals surface area contributed by atoms with Crippen molar-refractivity contribution in [2.24, 2.45) is 0 Å². The Morgan fingerprint density at radius 2 is 1.93 bits per heavy atom. The summed E-state index contributed by atoms with van der Waals surface area (Å²) in [6, 6.07) is 0. The van der Waals surface area contributed by atoms with E-state index in [1.54, 1.807) is 23.1 Å². The van der Waals surface area contributed by atoms with Crippen LogP contribution in [0.1, 0.15) is 20.3 Å². The fourth-order valence-corrected chi connectivity index (χ4v) is 5.76. The lowest BCUT2D eigenvalue weighted by molar-refractivity contribution is 0.282. The molecule has 1 atom stereocenters. The third-order valence-electron chi connectivity index (χ3n) is 1.28. The standard InChI is InChI=1S/C8H19O2PS3/c1-4-7-14-11(12,9-5-2)10-6-8-13-3/h4-8H2,1-3H3. The summed E-state index contributed by atoms with van der Waals surface area (Å²) in [6.45, 7) is 5.45. The summed E-state index contributed by atoms with van der Waals surface area (Å²) in [5.41, 5.74) is -2.03. The molecule has 6 heteroatoms. The summed E-state index contributed by atoms with van der Waals surface area (Å²) >= 11 is 8.84. The average Bonchev–Trinajstić information content (AvgIpc) is 2.16. The Hall–Kier alpha value is 1.27. The average molecular weight is 274 g/mol. The number of rotatable bonds is 9. The van der Waals surface area contributed by atoms with Crippen LogP contribution in [-0.2, 0) is 20.9 Å². The second-order valence-electron chi connectivity index (χ2n) is 2.52. The zero-order valence-electron chi connectivity index (χ0n) is 9.02. The molecule has 0 aromatic rings. The molecular formula is C8H19O2PS3. The van der Waals surface area contributed by atoms with Gasteiger partial charge in [-0.2, -0.15) is 11.8 Å². The molecule has 0 fully saturated rings. The number of hydrogen-bond donors (Lipinski definition) is 0. The van der Waals surface area contributed by atoms with Gasteiger partial charge in [0.25, 0.3) is 0 Å². The van der Waals surface area contributed by atoms with Crippen LogP contribution in [0.5, 0.6) is 0 Å². The van der Waals surface area contributed by atoms with E-state index in [0.717, 1.165) is 17.9 Å². The fraction of sp³-hybridized carbons (Fsp3) is 1.00. The molecule has 0 spiro atoms. The Morgan fingerprint density at radius 1 is 1.21 bits per heavy atom. The first-order valence-electron chi connectivity index (χ1n) is 4.71. The Bertz CT molecular complexity index is 178. The monoisotopic (exact) mass is 274 g/mol. The van der Waals surface area contributed by atoms with E-state index in [1.807, 2.05) is 6.92 Å². The van der Waals surface area contributed by atoms with Gasteiger partial charge in [-0.25, -0.2) is 0 Å². The molecule has 0 aromatic carbocycles. The van der Waals surface area contributed by atoms with Crippen molar-refractivity contribution in [3.8, 4) is 0 Å². The Kier molecular flexibility index (Phi) is 10.4. The molecule has 2 nitrogen and oxygen atoms in total. The van der Waals surface area contributed by atoms with E-state index < -0.39 is 5.69 Å². The van der Waals surface area contributed by atoms with Crippen LogP contribution in [0.25, 0.3) is 0 Å². The van der Waals surface area contributed by atoms with Gasteiger partial charge in [0, 0.05) is 11.5 Å². The first-order chi connectivity index (χ1) is 6.68. The summed E-state index contributed by atoms with van der Waals surface area (Å²) < 4.78 is 11.2. The highest BCUT2D eigenvalue weighted by molar-refractivity contribution is 8.67. The SMILES string of the molecule is CCCSP(=S)(OCC)OCCSC. The Morgan fingerprint density at radius 3 is 2.43 bits per heavy atom. The molecule has 0 radical (unpaired) electrons. The van der Waals surface area contributed by atoms with Crippen molar-refractivity contribution in [3.05, 3.63) is 0 Å². The smallest absolute Gasteiger partial charge is 0.247 e. The maximum absolute atomic E-state index is 5.66. The third kappa shape index (κ3) is 7.55. The van der Waals surface area contributed by atoms with Gasteiger partial charge in [-0.1, -0.05) is 18.3 Å². The molecule has 14 heavy (non-hydrogen) atoms. The molecule has 0 heterocycles. The van der Waals surface area contributed by atoms with Crippen molar-refractivity contribution in [1.82, 2.24) is 0 Å². The van der Waals surface area contributed by atoms with E-state index in [0.29, 0.717) is 13.2 Å². The van der Waals surface area contributed by atoms with Gasteiger partial charge >= 0.3 is 0 Å². The summed E-state index contributed by atoms with van der Waals surface area (Å²) in [7, 11) is 0. The lowest BCUT2D eigenvalue weighted by Crippen LogP contribution is -1.97. The van der Waals surface area contributed by atoms with Crippen LogP contribution >= 0.6 is 28.8 Å². The van der Waals surface area contributed by atoms with Gasteiger partial charge in [0.1, 0.15) is 0 Å². The summed E-state index contributed by atoms with van der Waals surface area (Å²) in [5.74, 6) is 2.01. The normalized spacial score (nSPS) is 15.4. The molecule has 0 aliphatic carbocycles. The van der Waals surface area contributed by atoms with E-state index in [9.17, 15) is 0 Å². The van der Waals surface area contributed by atoms with E-state index in [1.165, 1.54) is 0 Å².